The summed E-state index contributed by atoms with van der Waals surface area (Å²) in [6.07, 6.45) is 1.44. The molecule has 3 rings (SSSR count). The Kier molecular flexibility index (Phi) is 5.52. The second-order valence-corrected chi connectivity index (χ2v) is 8.10. The van der Waals surface area contributed by atoms with E-state index in [-0.39, 0.29) is 11.3 Å². The Morgan fingerprint density at radius 2 is 1.85 bits per heavy atom. The van der Waals surface area contributed by atoms with E-state index in [0.717, 1.165) is 17.7 Å². The zero-order valence-electron chi connectivity index (χ0n) is 16.2. The highest BCUT2D eigenvalue weighted by molar-refractivity contribution is 6.20. The number of hydrogen-bond donors (Lipinski definition) is 0. The van der Waals surface area contributed by atoms with Gasteiger partial charge in [-0.1, -0.05) is 30.3 Å². The average Bonchev–Trinajstić information content (AvgIpc) is 2.66. The number of halogens is 1. The predicted octanol–water partition coefficient (Wildman–Crippen LogP) is 3.48. The van der Waals surface area contributed by atoms with Crippen LogP contribution in [0.2, 0.25) is 0 Å². The van der Waals surface area contributed by atoms with E-state index in [4.69, 9.17) is 21.1 Å². The minimum absolute atomic E-state index is 0.0256. The number of benzene rings is 1. The Labute approximate surface area is 165 Å². The lowest BCUT2D eigenvalue weighted by atomic mass is 9.63. The summed E-state index contributed by atoms with van der Waals surface area (Å²) in [7, 11) is 2.76. The van der Waals surface area contributed by atoms with Crippen molar-refractivity contribution < 1.29 is 19.1 Å². The van der Waals surface area contributed by atoms with Gasteiger partial charge in [0.1, 0.15) is 0 Å². The summed E-state index contributed by atoms with van der Waals surface area (Å²) in [5.41, 5.74) is 1.72. The van der Waals surface area contributed by atoms with Gasteiger partial charge in [0.15, 0.2) is 0 Å². The highest BCUT2D eigenvalue weighted by atomic mass is 35.5. The molecule has 1 aromatic carbocycles. The van der Waals surface area contributed by atoms with Gasteiger partial charge >= 0.3 is 11.9 Å². The first-order valence-electron chi connectivity index (χ1n) is 9.18. The van der Waals surface area contributed by atoms with Crippen LogP contribution in [0.4, 0.5) is 0 Å². The van der Waals surface area contributed by atoms with E-state index >= 15 is 0 Å². The molecule has 1 fully saturated rings. The van der Waals surface area contributed by atoms with Crippen molar-refractivity contribution >= 4 is 23.5 Å². The van der Waals surface area contributed by atoms with Crippen LogP contribution >= 0.6 is 11.6 Å². The van der Waals surface area contributed by atoms with E-state index in [0.29, 0.717) is 18.5 Å². The molecule has 2 heterocycles. The molecule has 6 heteroatoms. The van der Waals surface area contributed by atoms with Gasteiger partial charge in [-0.15, -0.1) is 11.6 Å². The maximum absolute atomic E-state index is 13.0. The number of alkyl halides is 1. The second-order valence-electron chi connectivity index (χ2n) is 7.48. The van der Waals surface area contributed by atoms with Crippen molar-refractivity contribution in [2.75, 3.05) is 20.8 Å². The molecule has 27 heavy (non-hydrogen) atoms. The number of ether oxygens (including phenoxy) is 2. The number of carbonyl (C=O) groups is 2. The van der Waals surface area contributed by atoms with Gasteiger partial charge in [-0.2, -0.15) is 0 Å². The third-order valence-corrected chi connectivity index (χ3v) is 6.42. The molecule has 146 valence electrons. The van der Waals surface area contributed by atoms with Gasteiger partial charge in [-0.25, -0.2) is 4.79 Å². The van der Waals surface area contributed by atoms with Crippen LogP contribution in [-0.2, 0) is 19.1 Å². The lowest BCUT2D eigenvalue weighted by Gasteiger charge is -2.56. The second kappa shape index (κ2) is 7.55. The Morgan fingerprint density at radius 3 is 2.44 bits per heavy atom. The van der Waals surface area contributed by atoms with Gasteiger partial charge in [0.2, 0.25) is 0 Å². The third-order valence-electron chi connectivity index (χ3n) is 6.05. The van der Waals surface area contributed by atoms with Crippen molar-refractivity contribution in [2.45, 2.75) is 43.5 Å². The SMILES string of the molecule is COC(=O)C1=C(C)N2CCC(Cl)CC2(C)C(C(=O)OC)C1c1ccccc1. The molecule has 2 aliphatic rings. The van der Waals surface area contributed by atoms with E-state index in [1.165, 1.54) is 14.2 Å². The normalized spacial score (nSPS) is 30.6. The quantitative estimate of drug-likeness (QED) is 0.583. The Bertz CT molecular complexity index is 763. The summed E-state index contributed by atoms with van der Waals surface area (Å²) >= 11 is 6.52. The number of methoxy groups -OCH3 is 2. The number of esters is 2. The van der Waals surface area contributed by atoms with Crippen molar-refractivity contribution in [3.8, 4) is 0 Å². The molecule has 4 atom stereocenters. The molecular formula is C21H26ClNO4. The summed E-state index contributed by atoms with van der Waals surface area (Å²) in [6.45, 7) is 4.67. The summed E-state index contributed by atoms with van der Waals surface area (Å²) < 4.78 is 10.3. The number of allylic oxidation sites excluding steroid dienone is 1. The molecule has 4 unspecified atom stereocenters. The van der Waals surface area contributed by atoms with Crippen LogP contribution in [0.3, 0.4) is 0 Å². The largest absolute Gasteiger partial charge is 0.469 e. The number of rotatable bonds is 3. The van der Waals surface area contributed by atoms with Crippen LogP contribution in [0.5, 0.6) is 0 Å². The Balaban J connectivity index is 2.28. The van der Waals surface area contributed by atoms with Gasteiger partial charge in [0.05, 0.1) is 31.2 Å². The first-order valence-corrected chi connectivity index (χ1v) is 9.62. The Morgan fingerprint density at radius 1 is 1.19 bits per heavy atom. The van der Waals surface area contributed by atoms with Crippen molar-refractivity contribution in [1.82, 2.24) is 4.90 Å². The monoisotopic (exact) mass is 391 g/mol. The lowest BCUT2D eigenvalue weighted by Crippen LogP contribution is -2.62. The summed E-state index contributed by atoms with van der Waals surface area (Å²) in [6, 6.07) is 9.62. The summed E-state index contributed by atoms with van der Waals surface area (Å²) in [5.74, 6) is -1.76. The van der Waals surface area contributed by atoms with Crippen LogP contribution in [0.15, 0.2) is 41.6 Å². The fourth-order valence-corrected chi connectivity index (χ4v) is 5.26. The lowest BCUT2D eigenvalue weighted by molar-refractivity contribution is -0.154. The maximum atomic E-state index is 13.0. The van der Waals surface area contributed by atoms with E-state index in [1.54, 1.807) is 0 Å². The zero-order chi connectivity index (χ0) is 19.8. The maximum Gasteiger partial charge on any atom is 0.336 e. The van der Waals surface area contributed by atoms with E-state index in [2.05, 4.69) is 11.8 Å². The van der Waals surface area contributed by atoms with Crippen molar-refractivity contribution in [2.24, 2.45) is 5.92 Å². The van der Waals surface area contributed by atoms with Crippen LogP contribution in [0.1, 0.15) is 38.2 Å². The van der Waals surface area contributed by atoms with Crippen LogP contribution in [0, 0.1) is 5.92 Å². The molecule has 1 aromatic rings. The van der Waals surface area contributed by atoms with Crippen molar-refractivity contribution in [3.05, 3.63) is 47.2 Å². The van der Waals surface area contributed by atoms with Crippen LogP contribution in [0.25, 0.3) is 0 Å². The standard InChI is InChI=1S/C21H26ClNO4/c1-13-16(19(24)26-3)17(14-8-6-5-7-9-14)18(20(25)27-4)21(2)12-15(22)10-11-23(13)21/h5-9,15,17-18H,10-12H2,1-4H3. The summed E-state index contributed by atoms with van der Waals surface area (Å²) in [4.78, 5) is 27.9. The molecule has 0 N–H and O–H groups in total. The van der Waals surface area contributed by atoms with Crippen LogP contribution in [-0.4, -0.2) is 48.5 Å². The molecule has 0 saturated carbocycles. The van der Waals surface area contributed by atoms with Gasteiger partial charge in [-0.05, 0) is 32.3 Å². The van der Waals surface area contributed by atoms with Gasteiger partial charge in [-0.3, -0.25) is 4.79 Å². The minimum atomic E-state index is -0.566. The van der Waals surface area contributed by atoms with E-state index < -0.39 is 23.3 Å². The molecule has 0 aliphatic carbocycles. The number of hydrogen-bond acceptors (Lipinski definition) is 5. The fourth-order valence-electron chi connectivity index (χ4n) is 4.85. The van der Waals surface area contributed by atoms with Crippen LogP contribution < -0.4 is 0 Å². The topological polar surface area (TPSA) is 55.8 Å². The molecule has 5 nitrogen and oxygen atoms in total. The first kappa shape index (κ1) is 19.7. The highest BCUT2D eigenvalue weighted by Gasteiger charge is 2.57. The molecule has 0 bridgehead atoms. The number of piperidine rings is 1. The average molecular weight is 392 g/mol. The number of fused-ring (bicyclic) bond motifs is 1. The minimum Gasteiger partial charge on any atom is -0.469 e. The first-order chi connectivity index (χ1) is 12.8. The number of nitrogens with zero attached hydrogens (tertiary/aromatic N) is 1. The third kappa shape index (κ3) is 3.22. The van der Waals surface area contributed by atoms with Crippen molar-refractivity contribution in [1.29, 1.82) is 0 Å². The zero-order valence-corrected chi connectivity index (χ0v) is 17.0. The van der Waals surface area contributed by atoms with E-state index in [1.807, 2.05) is 37.3 Å². The summed E-state index contributed by atoms with van der Waals surface area (Å²) in [5, 5.41) is -0.0256. The predicted molar refractivity (Wildman–Crippen MR) is 103 cm³/mol. The van der Waals surface area contributed by atoms with Gasteiger partial charge in [0, 0.05) is 23.5 Å². The molecule has 0 radical (unpaired) electrons. The molecule has 2 aliphatic heterocycles. The Hall–Kier alpha value is -2.01. The highest BCUT2D eigenvalue weighted by Crippen LogP contribution is 2.52. The van der Waals surface area contributed by atoms with E-state index in [9.17, 15) is 9.59 Å². The molecule has 0 aromatic heterocycles. The molecule has 0 amide bonds. The molecule has 1 saturated heterocycles. The fraction of sp³-hybridized carbons (Fsp3) is 0.524. The molecular weight excluding hydrogens is 366 g/mol. The molecule has 0 spiro atoms. The van der Waals surface area contributed by atoms with Gasteiger partial charge in [0.25, 0.3) is 0 Å². The van der Waals surface area contributed by atoms with Gasteiger partial charge < -0.3 is 14.4 Å². The van der Waals surface area contributed by atoms with Crippen molar-refractivity contribution in [3.63, 3.8) is 0 Å². The number of carbonyl (C=O) groups excluding carboxylic acids is 2. The smallest absolute Gasteiger partial charge is 0.336 e.